The molecule has 1 heterocycles. The lowest BCUT2D eigenvalue weighted by atomic mass is 9.87. The molecular weight excluding hydrogens is 631 g/mol. The van der Waals surface area contributed by atoms with E-state index in [1.165, 1.54) is 54.2 Å². The minimum Gasteiger partial charge on any atom is -0.455 e. The van der Waals surface area contributed by atoms with Crippen LogP contribution in [-0.2, 0) is 0 Å². The third-order valence-electron chi connectivity index (χ3n) is 10.8. The Hall–Kier alpha value is -6.90. The third-order valence-corrected chi connectivity index (χ3v) is 10.8. The second-order valence-corrected chi connectivity index (χ2v) is 13.7. The van der Waals surface area contributed by atoms with Gasteiger partial charge in [-0.1, -0.05) is 127 Å². The van der Waals surface area contributed by atoms with Crippen molar-refractivity contribution in [1.29, 1.82) is 0 Å². The summed E-state index contributed by atoms with van der Waals surface area (Å²) in [5.74, 6) is 0. The second-order valence-electron chi connectivity index (χ2n) is 13.7. The van der Waals surface area contributed by atoms with E-state index in [-0.39, 0.29) is 0 Å². The van der Waals surface area contributed by atoms with Gasteiger partial charge in [-0.15, -0.1) is 0 Å². The minimum atomic E-state index is 0.901. The smallest absolute Gasteiger partial charge is 0.143 e. The first-order valence-electron chi connectivity index (χ1n) is 17.8. The first kappa shape index (κ1) is 28.9. The van der Waals surface area contributed by atoms with Crippen LogP contribution in [0.5, 0.6) is 0 Å². The number of benzene rings is 10. The van der Waals surface area contributed by atoms with Crippen LogP contribution >= 0.6 is 0 Å². The molecule has 0 aliphatic heterocycles. The van der Waals surface area contributed by atoms with Crippen LogP contribution in [0.2, 0.25) is 0 Å². The van der Waals surface area contributed by atoms with Gasteiger partial charge in [-0.2, -0.15) is 0 Å². The zero-order valence-corrected chi connectivity index (χ0v) is 28.3. The summed E-state index contributed by atoms with van der Waals surface area (Å²) in [6.07, 6.45) is 0. The van der Waals surface area contributed by atoms with Crippen molar-refractivity contribution in [2.75, 3.05) is 4.90 Å². The molecule has 2 heteroatoms. The molecule has 0 aliphatic rings. The molecule has 0 fully saturated rings. The van der Waals surface area contributed by atoms with Crippen molar-refractivity contribution in [1.82, 2.24) is 0 Å². The summed E-state index contributed by atoms with van der Waals surface area (Å²) in [7, 11) is 0. The van der Waals surface area contributed by atoms with Gasteiger partial charge in [-0.25, -0.2) is 0 Å². The van der Waals surface area contributed by atoms with Gasteiger partial charge in [0.25, 0.3) is 0 Å². The molecule has 0 N–H and O–H groups in total. The van der Waals surface area contributed by atoms with Crippen LogP contribution in [0.1, 0.15) is 0 Å². The number of rotatable bonds is 5. The van der Waals surface area contributed by atoms with E-state index in [9.17, 15) is 0 Å². The molecule has 0 amide bonds. The Morgan fingerprint density at radius 2 is 0.942 bits per heavy atom. The van der Waals surface area contributed by atoms with Crippen LogP contribution < -0.4 is 4.90 Å². The monoisotopic (exact) mass is 661 g/mol. The molecule has 0 atom stereocenters. The Bertz CT molecular complexity index is 3070. The maximum atomic E-state index is 6.90. The van der Waals surface area contributed by atoms with Gasteiger partial charge in [0.15, 0.2) is 0 Å². The number of anilines is 3. The maximum Gasteiger partial charge on any atom is 0.143 e. The summed E-state index contributed by atoms with van der Waals surface area (Å²) >= 11 is 0. The van der Waals surface area contributed by atoms with Gasteiger partial charge in [0.2, 0.25) is 0 Å². The quantitative estimate of drug-likeness (QED) is 0.171. The molecule has 1 aromatic heterocycles. The highest BCUT2D eigenvalue weighted by Gasteiger charge is 2.21. The first-order chi connectivity index (χ1) is 25.8. The minimum absolute atomic E-state index is 0.901. The van der Waals surface area contributed by atoms with Crippen molar-refractivity contribution in [3.8, 4) is 22.3 Å². The van der Waals surface area contributed by atoms with E-state index in [1.807, 2.05) is 0 Å². The highest BCUT2D eigenvalue weighted by atomic mass is 16.3. The predicted octanol–water partition coefficient (Wildman–Crippen LogP) is 14.4. The molecule has 0 saturated carbocycles. The van der Waals surface area contributed by atoms with E-state index in [2.05, 4.69) is 193 Å². The number of hydrogen-bond donors (Lipinski definition) is 0. The molecule has 0 bridgehead atoms. The van der Waals surface area contributed by atoms with Crippen LogP contribution in [0.3, 0.4) is 0 Å². The van der Waals surface area contributed by atoms with Crippen LogP contribution in [-0.4, -0.2) is 0 Å². The number of nitrogens with zero attached hydrogens (tertiary/aromatic N) is 1. The number of para-hydroxylation sites is 2. The Morgan fingerprint density at radius 1 is 0.327 bits per heavy atom. The molecule has 2 nitrogen and oxygen atoms in total. The molecule has 52 heavy (non-hydrogen) atoms. The summed E-state index contributed by atoms with van der Waals surface area (Å²) in [6.45, 7) is 0. The molecule has 0 radical (unpaired) electrons. The molecule has 0 spiro atoms. The molecule has 0 saturated heterocycles. The average Bonchev–Trinajstić information content (AvgIpc) is 3.61. The highest BCUT2D eigenvalue weighted by Crippen LogP contribution is 2.47. The third kappa shape index (κ3) is 4.38. The van der Waals surface area contributed by atoms with Gasteiger partial charge < -0.3 is 9.32 Å². The zero-order valence-electron chi connectivity index (χ0n) is 28.3. The summed E-state index contributed by atoms with van der Waals surface area (Å²) in [5, 5.41) is 12.3. The largest absolute Gasteiger partial charge is 0.455 e. The molecule has 0 unspecified atom stereocenters. The van der Waals surface area contributed by atoms with Crippen molar-refractivity contribution in [3.05, 3.63) is 188 Å². The molecule has 11 aromatic rings. The highest BCUT2D eigenvalue weighted by molar-refractivity contribution is 6.38. The Morgan fingerprint density at radius 3 is 1.73 bits per heavy atom. The van der Waals surface area contributed by atoms with Crippen LogP contribution in [0.25, 0.3) is 87.3 Å². The number of fused-ring (bicyclic) bond motifs is 6. The Kier molecular flexibility index (Phi) is 6.28. The molecule has 0 aliphatic carbocycles. The van der Waals surface area contributed by atoms with E-state index in [0.717, 1.165) is 50.1 Å². The van der Waals surface area contributed by atoms with E-state index in [1.54, 1.807) is 0 Å². The van der Waals surface area contributed by atoms with Crippen LogP contribution in [0.15, 0.2) is 192 Å². The molecule has 10 aromatic carbocycles. The van der Waals surface area contributed by atoms with E-state index < -0.39 is 0 Å². The lowest BCUT2D eigenvalue weighted by molar-refractivity contribution is 0.673. The van der Waals surface area contributed by atoms with Crippen molar-refractivity contribution in [2.45, 2.75) is 0 Å². The summed E-state index contributed by atoms with van der Waals surface area (Å²) in [6, 6.07) is 67.7. The van der Waals surface area contributed by atoms with Gasteiger partial charge >= 0.3 is 0 Å². The topological polar surface area (TPSA) is 16.4 Å². The summed E-state index contributed by atoms with van der Waals surface area (Å²) < 4.78 is 6.90. The normalized spacial score (nSPS) is 11.8. The fourth-order valence-corrected chi connectivity index (χ4v) is 8.38. The van der Waals surface area contributed by atoms with Crippen LogP contribution in [0.4, 0.5) is 17.1 Å². The van der Waals surface area contributed by atoms with Gasteiger partial charge in [0.1, 0.15) is 11.2 Å². The first-order valence-corrected chi connectivity index (χ1v) is 17.8. The summed E-state index contributed by atoms with van der Waals surface area (Å²) in [4.78, 5) is 2.29. The van der Waals surface area contributed by atoms with Crippen molar-refractivity contribution in [2.24, 2.45) is 0 Å². The van der Waals surface area contributed by atoms with Crippen molar-refractivity contribution < 1.29 is 4.42 Å². The van der Waals surface area contributed by atoms with Gasteiger partial charge in [-0.05, 0) is 115 Å². The summed E-state index contributed by atoms with van der Waals surface area (Å²) in [5.41, 5.74) is 9.96. The number of furan rings is 1. The fourth-order valence-electron chi connectivity index (χ4n) is 8.38. The van der Waals surface area contributed by atoms with E-state index >= 15 is 0 Å². The van der Waals surface area contributed by atoms with Gasteiger partial charge in [0, 0.05) is 38.6 Å². The Balaban J connectivity index is 1.07. The van der Waals surface area contributed by atoms with Gasteiger partial charge in [-0.3, -0.25) is 0 Å². The van der Waals surface area contributed by atoms with Crippen molar-refractivity contribution in [3.63, 3.8) is 0 Å². The zero-order chi connectivity index (χ0) is 34.2. The van der Waals surface area contributed by atoms with E-state index in [0.29, 0.717) is 0 Å². The fraction of sp³-hybridized carbons (Fsp3) is 0. The average molecular weight is 662 g/mol. The SMILES string of the molecule is c1ccc(N(c2ccccc2)c2ccc(-c3ccc4c(c3)oc3c5cccc6c(-c7ccc8ccccc8c7)cc7cccc(c43)c7c65)cc2)cc1. The van der Waals surface area contributed by atoms with E-state index in [4.69, 9.17) is 4.42 Å². The molecule has 242 valence electrons. The van der Waals surface area contributed by atoms with Crippen molar-refractivity contribution >= 4 is 82.1 Å². The lowest BCUT2D eigenvalue weighted by Crippen LogP contribution is -2.09. The molecule has 11 rings (SSSR count). The standard InChI is InChI=1S/C50H31NO/c1-3-14-38(15-4-1)51(39-16-5-2-6-17-39)40-26-23-33(24-27-40)35-25-28-42-46(31-35)52-50-44-20-10-18-41-45(36-22-21-32-11-7-8-12-34(32)29-36)30-37-13-9-19-43(49(42)50)47(37)48(41)44/h1-31H. The lowest BCUT2D eigenvalue weighted by Gasteiger charge is -2.25. The van der Waals surface area contributed by atoms with Gasteiger partial charge in [0.05, 0.1) is 0 Å². The predicted molar refractivity (Wildman–Crippen MR) is 220 cm³/mol. The Labute approximate surface area is 300 Å². The maximum absolute atomic E-state index is 6.90. The number of hydrogen-bond acceptors (Lipinski definition) is 2. The van der Waals surface area contributed by atoms with Crippen LogP contribution in [0, 0.1) is 0 Å². The molecular formula is C50H31NO. The second kappa shape index (κ2) is 11.3.